The average molecular weight is 145 g/mol. The Balaban J connectivity index is 2.16. The standard InChI is InChI=1S/C5H11N3S/c6-5(9)8(7)3-4-1-2-4/h4H,1-3,7H2,(H2,6,9). The van der Waals surface area contributed by atoms with Gasteiger partial charge in [0.1, 0.15) is 0 Å². The number of hydrogen-bond donors (Lipinski definition) is 2. The maximum absolute atomic E-state index is 5.42. The Hall–Kier alpha value is -0.350. The third kappa shape index (κ3) is 2.15. The van der Waals surface area contributed by atoms with Crippen LogP contribution in [0.5, 0.6) is 0 Å². The van der Waals surface area contributed by atoms with Gasteiger partial charge in [-0.3, -0.25) is 5.01 Å². The smallest absolute Gasteiger partial charge is 0.180 e. The Kier molecular flexibility index (Phi) is 1.87. The van der Waals surface area contributed by atoms with Crippen LogP contribution in [-0.2, 0) is 0 Å². The SMILES string of the molecule is NC(=S)N(N)CC1CC1. The number of hydrogen-bond acceptors (Lipinski definition) is 2. The number of nitrogens with two attached hydrogens (primary N) is 2. The molecule has 0 saturated heterocycles. The molecular weight excluding hydrogens is 134 g/mol. The number of rotatable bonds is 2. The molecule has 1 fully saturated rings. The van der Waals surface area contributed by atoms with E-state index in [1.165, 1.54) is 17.9 Å². The van der Waals surface area contributed by atoms with E-state index in [4.69, 9.17) is 11.6 Å². The van der Waals surface area contributed by atoms with Crippen molar-refractivity contribution in [2.24, 2.45) is 17.5 Å². The topological polar surface area (TPSA) is 55.3 Å². The molecule has 0 bridgehead atoms. The zero-order chi connectivity index (χ0) is 6.85. The van der Waals surface area contributed by atoms with Gasteiger partial charge in [-0.05, 0) is 31.0 Å². The normalized spacial score (nSPS) is 17.4. The Morgan fingerprint density at radius 2 is 2.22 bits per heavy atom. The van der Waals surface area contributed by atoms with E-state index in [0.29, 0.717) is 5.11 Å². The van der Waals surface area contributed by atoms with Crippen LogP contribution in [0, 0.1) is 5.92 Å². The second-order valence-corrected chi connectivity index (χ2v) is 2.85. The van der Waals surface area contributed by atoms with E-state index in [9.17, 15) is 0 Å². The van der Waals surface area contributed by atoms with E-state index in [2.05, 4.69) is 12.2 Å². The zero-order valence-corrected chi connectivity index (χ0v) is 6.03. The fourth-order valence-electron chi connectivity index (χ4n) is 0.669. The lowest BCUT2D eigenvalue weighted by molar-refractivity contribution is 0.421. The number of thiocarbonyl (C=S) groups is 1. The molecular formula is C5H11N3S. The summed E-state index contributed by atoms with van der Waals surface area (Å²) in [6.45, 7) is 0.829. The minimum atomic E-state index is 0.293. The minimum absolute atomic E-state index is 0.293. The fourth-order valence-corrected chi connectivity index (χ4v) is 0.743. The van der Waals surface area contributed by atoms with Gasteiger partial charge >= 0.3 is 0 Å². The highest BCUT2D eigenvalue weighted by molar-refractivity contribution is 7.80. The molecule has 0 aromatic rings. The second-order valence-electron chi connectivity index (χ2n) is 2.43. The lowest BCUT2D eigenvalue weighted by Crippen LogP contribution is -2.42. The third-order valence-corrected chi connectivity index (χ3v) is 1.67. The summed E-state index contributed by atoms with van der Waals surface area (Å²) in [5.41, 5.74) is 5.24. The summed E-state index contributed by atoms with van der Waals surface area (Å²) in [7, 11) is 0. The molecule has 9 heavy (non-hydrogen) atoms. The molecule has 0 radical (unpaired) electrons. The molecule has 0 atom stereocenters. The lowest BCUT2D eigenvalue weighted by atomic mass is 10.4. The van der Waals surface area contributed by atoms with Crippen molar-refractivity contribution >= 4 is 17.3 Å². The van der Waals surface area contributed by atoms with Crippen LogP contribution in [0.2, 0.25) is 0 Å². The first-order valence-electron chi connectivity index (χ1n) is 3.02. The molecule has 0 spiro atoms. The molecule has 1 saturated carbocycles. The van der Waals surface area contributed by atoms with Crippen LogP contribution < -0.4 is 11.6 Å². The Morgan fingerprint density at radius 1 is 1.67 bits per heavy atom. The maximum atomic E-state index is 5.42. The Labute approximate surface area is 60.0 Å². The van der Waals surface area contributed by atoms with Crippen LogP contribution in [0.3, 0.4) is 0 Å². The highest BCUT2D eigenvalue weighted by atomic mass is 32.1. The molecule has 0 aliphatic heterocycles. The van der Waals surface area contributed by atoms with Gasteiger partial charge in [-0.15, -0.1) is 0 Å². The first kappa shape index (κ1) is 6.77. The second kappa shape index (κ2) is 2.49. The molecule has 0 aromatic heterocycles. The van der Waals surface area contributed by atoms with E-state index in [1.54, 1.807) is 0 Å². The Bertz CT molecular complexity index is 121. The summed E-state index contributed by atoms with van der Waals surface area (Å²) in [6.07, 6.45) is 2.55. The van der Waals surface area contributed by atoms with Gasteiger partial charge in [-0.25, -0.2) is 5.84 Å². The molecule has 0 heterocycles. The van der Waals surface area contributed by atoms with Crippen molar-refractivity contribution in [3.05, 3.63) is 0 Å². The number of hydrazine groups is 1. The predicted octanol–water partition coefficient (Wildman–Crippen LogP) is -0.184. The maximum Gasteiger partial charge on any atom is 0.180 e. The van der Waals surface area contributed by atoms with Crippen molar-refractivity contribution in [1.82, 2.24) is 5.01 Å². The summed E-state index contributed by atoms with van der Waals surface area (Å²) in [5, 5.41) is 1.73. The quantitative estimate of drug-likeness (QED) is 0.321. The first-order chi connectivity index (χ1) is 4.20. The molecule has 0 amide bonds. The van der Waals surface area contributed by atoms with E-state index < -0.39 is 0 Å². The molecule has 4 heteroatoms. The van der Waals surface area contributed by atoms with Crippen LogP contribution in [-0.4, -0.2) is 16.7 Å². The summed E-state index contributed by atoms with van der Waals surface area (Å²) in [4.78, 5) is 0. The molecule has 52 valence electrons. The van der Waals surface area contributed by atoms with Crippen LogP contribution in [0.1, 0.15) is 12.8 Å². The van der Waals surface area contributed by atoms with E-state index >= 15 is 0 Å². The highest BCUT2D eigenvalue weighted by Crippen LogP contribution is 2.28. The zero-order valence-electron chi connectivity index (χ0n) is 5.21. The predicted molar refractivity (Wildman–Crippen MR) is 40.4 cm³/mol. The van der Waals surface area contributed by atoms with Crippen LogP contribution >= 0.6 is 12.2 Å². The first-order valence-corrected chi connectivity index (χ1v) is 3.42. The van der Waals surface area contributed by atoms with E-state index in [0.717, 1.165) is 12.5 Å². The van der Waals surface area contributed by atoms with Gasteiger partial charge in [0.15, 0.2) is 5.11 Å². The molecule has 1 aliphatic rings. The van der Waals surface area contributed by atoms with Crippen molar-refractivity contribution in [2.45, 2.75) is 12.8 Å². The van der Waals surface area contributed by atoms with Crippen molar-refractivity contribution in [3.63, 3.8) is 0 Å². The molecule has 3 nitrogen and oxygen atoms in total. The van der Waals surface area contributed by atoms with Crippen molar-refractivity contribution in [1.29, 1.82) is 0 Å². The summed E-state index contributed by atoms with van der Waals surface area (Å²) < 4.78 is 0. The van der Waals surface area contributed by atoms with Gasteiger partial charge in [0, 0.05) is 6.54 Å². The van der Waals surface area contributed by atoms with Gasteiger partial charge in [0.2, 0.25) is 0 Å². The monoisotopic (exact) mass is 145 g/mol. The largest absolute Gasteiger partial charge is 0.375 e. The van der Waals surface area contributed by atoms with Crippen molar-refractivity contribution < 1.29 is 0 Å². The van der Waals surface area contributed by atoms with Gasteiger partial charge < -0.3 is 5.73 Å². The van der Waals surface area contributed by atoms with Crippen molar-refractivity contribution in [2.75, 3.05) is 6.54 Å². The van der Waals surface area contributed by atoms with Crippen LogP contribution in [0.25, 0.3) is 0 Å². The molecule has 0 unspecified atom stereocenters. The molecule has 4 N–H and O–H groups in total. The Morgan fingerprint density at radius 3 is 2.56 bits per heavy atom. The third-order valence-electron chi connectivity index (χ3n) is 1.43. The minimum Gasteiger partial charge on any atom is -0.375 e. The van der Waals surface area contributed by atoms with Gasteiger partial charge in [0.25, 0.3) is 0 Å². The summed E-state index contributed by atoms with van der Waals surface area (Å²) in [5.74, 6) is 6.17. The van der Waals surface area contributed by atoms with Crippen LogP contribution in [0.4, 0.5) is 0 Å². The van der Waals surface area contributed by atoms with Crippen LogP contribution in [0.15, 0.2) is 0 Å². The molecule has 1 rings (SSSR count). The number of nitrogens with zero attached hydrogens (tertiary/aromatic N) is 1. The van der Waals surface area contributed by atoms with E-state index in [1.807, 2.05) is 0 Å². The molecule has 1 aliphatic carbocycles. The molecule has 0 aromatic carbocycles. The summed E-state index contributed by atoms with van der Waals surface area (Å²) in [6, 6.07) is 0. The highest BCUT2D eigenvalue weighted by Gasteiger charge is 2.23. The fraction of sp³-hybridized carbons (Fsp3) is 0.800. The van der Waals surface area contributed by atoms with Gasteiger partial charge in [-0.2, -0.15) is 0 Å². The summed E-state index contributed by atoms with van der Waals surface area (Å²) >= 11 is 4.64. The van der Waals surface area contributed by atoms with Crippen molar-refractivity contribution in [3.8, 4) is 0 Å². The van der Waals surface area contributed by atoms with Gasteiger partial charge in [0.05, 0.1) is 0 Å². The van der Waals surface area contributed by atoms with Gasteiger partial charge in [-0.1, -0.05) is 0 Å². The average Bonchev–Trinajstić information content (AvgIpc) is 2.50. The van der Waals surface area contributed by atoms with E-state index in [-0.39, 0.29) is 0 Å². The lowest BCUT2D eigenvalue weighted by Gasteiger charge is -2.14.